The third kappa shape index (κ3) is 3.48. The monoisotopic (exact) mass is 328 g/mol. The van der Waals surface area contributed by atoms with Crippen LogP contribution in [0, 0.1) is 11.3 Å². The van der Waals surface area contributed by atoms with Crippen LogP contribution in [0.1, 0.15) is 52.0 Å². The Morgan fingerprint density at radius 3 is 2.42 bits per heavy atom. The van der Waals surface area contributed by atoms with Gasteiger partial charge in [-0.1, -0.05) is 12.1 Å². The molecule has 3 atom stereocenters. The minimum Gasteiger partial charge on any atom is -0.489 e. The smallest absolute Gasteiger partial charge is 0.410 e. The van der Waals surface area contributed by atoms with Crippen LogP contribution in [-0.2, 0) is 4.74 Å². The van der Waals surface area contributed by atoms with E-state index >= 15 is 0 Å². The first-order chi connectivity index (χ1) is 11.4. The molecule has 2 aliphatic rings. The molecular weight excluding hydrogens is 304 g/mol. The second-order valence-corrected chi connectivity index (χ2v) is 7.59. The van der Waals surface area contributed by atoms with Gasteiger partial charge in [0.05, 0.1) is 5.56 Å². The number of hydrogen-bond acceptors (Lipinski definition) is 4. The summed E-state index contributed by atoms with van der Waals surface area (Å²) in [7, 11) is 0. The topological polar surface area (TPSA) is 62.6 Å². The second kappa shape index (κ2) is 6.35. The van der Waals surface area contributed by atoms with Gasteiger partial charge in [-0.2, -0.15) is 5.26 Å². The van der Waals surface area contributed by atoms with E-state index in [1.54, 1.807) is 6.07 Å². The van der Waals surface area contributed by atoms with Crippen molar-refractivity contribution in [2.45, 2.75) is 70.2 Å². The number of carbonyl (C=O) groups is 1. The van der Waals surface area contributed by atoms with Gasteiger partial charge < -0.3 is 14.4 Å². The summed E-state index contributed by atoms with van der Waals surface area (Å²) in [5.74, 6) is 0.634. The van der Waals surface area contributed by atoms with Crippen molar-refractivity contribution in [3.05, 3.63) is 29.8 Å². The van der Waals surface area contributed by atoms with Crippen LogP contribution in [-0.4, -0.2) is 34.8 Å². The molecule has 0 radical (unpaired) electrons. The van der Waals surface area contributed by atoms with Crippen molar-refractivity contribution in [3.8, 4) is 11.8 Å². The van der Waals surface area contributed by atoms with Crippen LogP contribution < -0.4 is 4.74 Å². The highest BCUT2D eigenvalue weighted by Gasteiger charge is 2.45. The van der Waals surface area contributed by atoms with Gasteiger partial charge in [0.15, 0.2) is 0 Å². The number of carbonyl (C=O) groups excluding carboxylic acids is 1. The first-order valence-corrected chi connectivity index (χ1v) is 8.54. The summed E-state index contributed by atoms with van der Waals surface area (Å²) in [6, 6.07) is 9.80. The molecule has 2 bridgehead atoms. The number of para-hydroxylation sites is 1. The van der Waals surface area contributed by atoms with Crippen molar-refractivity contribution in [3.63, 3.8) is 0 Å². The quantitative estimate of drug-likeness (QED) is 0.827. The third-order valence-electron chi connectivity index (χ3n) is 4.60. The zero-order chi connectivity index (χ0) is 17.3. The molecule has 0 aliphatic carbocycles. The lowest BCUT2D eigenvalue weighted by Crippen LogP contribution is -2.50. The van der Waals surface area contributed by atoms with Crippen LogP contribution in [0.5, 0.6) is 5.75 Å². The first kappa shape index (κ1) is 16.6. The average molecular weight is 328 g/mol. The van der Waals surface area contributed by atoms with Crippen LogP contribution in [0.25, 0.3) is 0 Å². The fraction of sp³-hybridized carbons (Fsp3) is 0.579. The molecule has 3 rings (SSSR count). The Morgan fingerprint density at radius 2 is 1.83 bits per heavy atom. The summed E-state index contributed by atoms with van der Waals surface area (Å²) in [5.41, 5.74) is 0.0784. The summed E-state index contributed by atoms with van der Waals surface area (Å²) in [6.45, 7) is 5.67. The second-order valence-electron chi connectivity index (χ2n) is 7.59. The summed E-state index contributed by atoms with van der Waals surface area (Å²) in [6.07, 6.45) is 3.37. The molecule has 2 saturated heterocycles. The summed E-state index contributed by atoms with van der Waals surface area (Å²) >= 11 is 0. The number of nitriles is 1. The minimum atomic E-state index is -0.477. The van der Waals surface area contributed by atoms with E-state index in [-0.39, 0.29) is 24.3 Å². The molecule has 2 aliphatic heterocycles. The van der Waals surface area contributed by atoms with Gasteiger partial charge in [0, 0.05) is 24.9 Å². The van der Waals surface area contributed by atoms with Crippen LogP contribution >= 0.6 is 0 Å². The summed E-state index contributed by atoms with van der Waals surface area (Å²) < 4.78 is 11.6. The Morgan fingerprint density at radius 1 is 1.21 bits per heavy atom. The Bertz CT molecular complexity index is 645. The Kier molecular flexibility index (Phi) is 4.40. The Balaban J connectivity index is 1.67. The van der Waals surface area contributed by atoms with E-state index in [0.717, 1.165) is 25.7 Å². The Hall–Kier alpha value is -2.22. The minimum absolute atomic E-state index is 0.0377. The first-order valence-electron chi connectivity index (χ1n) is 8.54. The van der Waals surface area contributed by atoms with Crippen molar-refractivity contribution in [1.82, 2.24) is 4.90 Å². The molecule has 0 saturated carbocycles. The fourth-order valence-corrected chi connectivity index (χ4v) is 3.68. The lowest BCUT2D eigenvalue weighted by Gasteiger charge is -2.39. The zero-order valence-electron chi connectivity index (χ0n) is 14.5. The van der Waals surface area contributed by atoms with Crippen molar-refractivity contribution in [2.24, 2.45) is 0 Å². The van der Waals surface area contributed by atoms with E-state index < -0.39 is 5.60 Å². The molecule has 1 amide bonds. The van der Waals surface area contributed by atoms with Gasteiger partial charge in [-0.3, -0.25) is 0 Å². The van der Waals surface area contributed by atoms with Crippen LogP contribution in [0.2, 0.25) is 0 Å². The number of rotatable bonds is 2. The molecular formula is C19H24N2O3. The van der Waals surface area contributed by atoms with Crippen molar-refractivity contribution >= 4 is 6.09 Å². The number of hydrogen-bond donors (Lipinski definition) is 0. The SMILES string of the molecule is CC(C)(C)OC(=O)N1[C@@H]2CC[C@H]1CC(Oc1ccccc1C#N)C2. The summed E-state index contributed by atoms with van der Waals surface area (Å²) in [5, 5.41) is 9.19. The van der Waals surface area contributed by atoms with Gasteiger partial charge in [0.2, 0.25) is 0 Å². The van der Waals surface area contributed by atoms with Crippen molar-refractivity contribution in [2.75, 3.05) is 0 Å². The van der Waals surface area contributed by atoms with Gasteiger partial charge in [0.25, 0.3) is 0 Å². The maximum Gasteiger partial charge on any atom is 0.410 e. The largest absolute Gasteiger partial charge is 0.489 e. The predicted molar refractivity (Wildman–Crippen MR) is 89.7 cm³/mol. The van der Waals surface area contributed by atoms with Gasteiger partial charge >= 0.3 is 6.09 Å². The van der Waals surface area contributed by atoms with E-state index in [4.69, 9.17) is 9.47 Å². The lowest BCUT2D eigenvalue weighted by molar-refractivity contribution is -0.00710. The molecule has 1 aromatic carbocycles. The molecule has 0 aromatic heterocycles. The van der Waals surface area contributed by atoms with Gasteiger partial charge in [-0.15, -0.1) is 0 Å². The highest BCUT2D eigenvalue weighted by atomic mass is 16.6. The lowest BCUT2D eigenvalue weighted by atomic mass is 10.00. The molecule has 1 aromatic rings. The van der Waals surface area contributed by atoms with Gasteiger partial charge in [-0.05, 0) is 45.7 Å². The molecule has 5 nitrogen and oxygen atoms in total. The Labute approximate surface area is 143 Å². The number of ether oxygens (including phenoxy) is 2. The fourth-order valence-electron chi connectivity index (χ4n) is 3.68. The van der Waals surface area contributed by atoms with Gasteiger partial charge in [0.1, 0.15) is 23.5 Å². The molecule has 1 unspecified atom stereocenters. The molecule has 2 fully saturated rings. The standard InChI is InChI=1S/C19H24N2O3/c1-19(2,3)24-18(22)21-14-8-9-15(21)11-16(10-14)23-17-7-5-4-6-13(17)12-20/h4-7,14-16H,8-11H2,1-3H3/t14-,15+,16?. The molecule has 0 N–H and O–H groups in total. The zero-order valence-corrected chi connectivity index (χ0v) is 14.5. The maximum atomic E-state index is 12.5. The van der Waals surface area contributed by atoms with Crippen molar-refractivity contribution < 1.29 is 14.3 Å². The highest BCUT2D eigenvalue weighted by Crippen LogP contribution is 2.38. The maximum absolute atomic E-state index is 12.5. The normalized spacial score (nSPS) is 25.9. The molecule has 0 spiro atoms. The highest BCUT2D eigenvalue weighted by molar-refractivity contribution is 5.69. The number of nitrogens with zero attached hydrogens (tertiary/aromatic N) is 2. The predicted octanol–water partition coefficient (Wildman–Crippen LogP) is 3.87. The third-order valence-corrected chi connectivity index (χ3v) is 4.60. The molecule has 2 heterocycles. The molecule has 5 heteroatoms. The summed E-state index contributed by atoms with van der Waals surface area (Å²) in [4.78, 5) is 14.4. The van der Waals surface area contributed by atoms with Crippen LogP contribution in [0.4, 0.5) is 4.79 Å². The van der Waals surface area contributed by atoms with E-state index in [9.17, 15) is 10.1 Å². The molecule has 24 heavy (non-hydrogen) atoms. The van der Waals surface area contributed by atoms with Crippen LogP contribution in [0.3, 0.4) is 0 Å². The van der Waals surface area contributed by atoms with Crippen LogP contribution in [0.15, 0.2) is 24.3 Å². The van der Waals surface area contributed by atoms with Gasteiger partial charge in [-0.25, -0.2) is 4.79 Å². The molecule has 128 valence electrons. The average Bonchev–Trinajstić information content (AvgIpc) is 2.78. The number of piperidine rings is 1. The number of amides is 1. The van der Waals surface area contributed by atoms with E-state index in [1.165, 1.54) is 0 Å². The van der Waals surface area contributed by atoms with Crippen molar-refractivity contribution in [1.29, 1.82) is 5.26 Å². The van der Waals surface area contributed by atoms with E-state index in [2.05, 4.69) is 6.07 Å². The van der Waals surface area contributed by atoms with E-state index in [0.29, 0.717) is 11.3 Å². The van der Waals surface area contributed by atoms with E-state index in [1.807, 2.05) is 43.9 Å². The number of benzene rings is 1. The number of fused-ring (bicyclic) bond motifs is 2.